The van der Waals surface area contributed by atoms with Gasteiger partial charge in [-0.3, -0.25) is 33.8 Å². The van der Waals surface area contributed by atoms with E-state index in [0.717, 1.165) is 70.4 Å². The molecule has 408 valence electrons. The number of nitrogens with one attached hydrogen (secondary N) is 5. The smallest absolute Gasteiger partial charge is 0.272 e. The van der Waals surface area contributed by atoms with E-state index in [1.54, 1.807) is 38.2 Å². The lowest BCUT2D eigenvalue weighted by molar-refractivity contribution is -0.130. The van der Waals surface area contributed by atoms with Crippen LogP contribution in [0.4, 0.5) is 8.78 Å². The van der Waals surface area contributed by atoms with E-state index in [9.17, 15) is 28.4 Å². The van der Waals surface area contributed by atoms with Crippen molar-refractivity contribution >= 4 is 52.7 Å². The molecule has 21 heteroatoms. The third kappa shape index (κ3) is 13.4. The number of hydrogen-bond acceptors (Lipinski definition) is 10. The van der Waals surface area contributed by atoms with Crippen molar-refractivity contribution in [3.8, 4) is 22.8 Å². The van der Waals surface area contributed by atoms with Gasteiger partial charge >= 0.3 is 0 Å². The largest absolute Gasteiger partial charge is 0.357 e. The molecule has 4 aliphatic rings. The third-order valence-corrected chi connectivity index (χ3v) is 15.3. The summed E-state index contributed by atoms with van der Waals surface area (Å²) in [6, 6.07) is 8.03. The molecule has 0 aliphatic carbocycles. The number of rotatable bonds is 10. The van der Waals surface area contributed by atoms with E-state index in [0.29, 0.717) is 73.2 Å². The molecule has 0 unspecified atom stereocenters. The number of fused-ring (bicyclic) bond motifs is 2. The lowest BCUT2D eigenvalue weighted by Gasteiger charge is -2.37. The minimum Gasteiger partial charge on any atom is -0.357 e. The molecular formula is C54H74Cl2F2N12O5. The summed E-state index contributed by atoms with van der Waals surface area (Å²) in [6.07, 6.45) is 5.42. The zero-order valence-electron chi connectivity index (χ0n) is 44.8. The second-order valence-corrected chi connectivity index (χ2v) is 23.0. The maximum absolute atomic E-state index is 15.1. The van der Waals surface area contributed by atoms with Gasteiger partial charge in [-0.05, 0) is 98.8 Å². The zero-order valence-corrected chi connectivity index (χ0v) is 46.3. The quantitative estimate of drug-likeness (QED) is 0.115. The second-order valence-electron chi connectivity index (χ2n) is 22.2. The first-order valence-corrected chi connectivity index (χ1v) is 26.8. The first-order valence-electron chi connectivity index (χ1n) is 26.1. The van der Waals surface area contributed by atoms with Crippen molar-refractivity contribution in [2.75, 3.05) is 53.4 Å². The number of hydrogen-bond donors (Lipinski definition) is 5. The van der Waals surface area contributed by atoms with Gasteiger partial charge in [0.05, 0.1) is 22.5 Å². The Bertz CT molecular complexity index is 2740. The van der Waals surface area contributed by atoms with Gasteiger partial charge in [-0.2, -0.15) is 0 Å². The topological polar surface area (TPSA) is 191 Å². The first kappa shape index (κ1) is 57.2. The van der Waals surface area contributed by atoms with E-state index in [2.05, 4.69) is 41.4 Å². The second kappa shape index (κ2) is 24.2. The third-order valence-electron chi connectivity index (χ3n) is 14.8. The molecular weight excluding hydrogens is 1010 g/mol. The summed E-state index contributed by atoms with van der Waals surface area (Å²) in [5, 5.41) is 15.0. The van der Waals surface area contributed by atoms with Crippen LogP contribution in [0.2, 0.25) is 10.0 Å². The molecule has 5 amide bonds. The Balaban J connectivity index is 0.000000219. The van der Waals surface area contributed by atoms with Gasteiger partial charge in [0, 0.05) is 95.5 Å². The van der Waals surface area contributed by atoms with E-state index in [4.69, 9.17) is 28.2 Å². The van der Waals surface area contributed by atoms with Crippen LogP contribution in [0.1, 0.15) is 119 Å². The molecule has 4 aromatic rings. The fraction of sp³-hybridized carbons (Fsp3) is 0.574. The molecule has 6 heterocycles. The van der Waals surface area contributed by atoms with Crippen LogP contribution in [0.15, 0.2) is 36.4 Å². The van der Waals surface area contributed by atoms with E-state index in [1.807, 2.05) is 55.6 Å². The number of imidazole rings is 2. The van der Waals surface area contributed by atoms with Crippen molar-refractivity contribution in [2.24, 2.45) is 10.8 Å². The molecule has 0 spiro atoms. The first-order chi connectivity index (χ1) is 35.5. The van der Waals surface area contributed by atoms with Crippen molar-refractivity contribution in [1.29, 1.82) is 0 Å². The highest BCUT2D eigenvalue weighted by molar-refractivity contribution is 6.31. The summed E-state index contributed by atoms with van der Waals surface area (Å²) in [5.41, 5.74) is 1.36. The van der Waals surface area contributed by atoms with E-state index in [-0.39, 0.29) is 45.7 Å². The van der Waals surface area contributed by atoms with Crippen molar-refractivity contribution in [3.63, 3.8) is 0 Å². The van der Waals surface area contributed by atoms with Crippen LogP contribution in [0.25, 0.3) is 22.8 Å². The van der Waals surface area contributed by atoms with Crippen LogP contribution in [0.5, 0.6) is 0 Å². The van der Waals surface area contributed by atoms with Crippen LogP contribution in [0.3, 0.4) is 0 Å². The monoisotopic (exact) mass is 1080 g/mol. The van der Waals surface area contributed by atoms with E-state index in [1.165, 1.54) is 19.2 Å². The Morgan fingerprint density at radius 1 is 0.627 bits per heavy atom. The lowest BCUT2D eigenvalue weighted by Crippen LogP contribution is -2.53. The molecule has 2 aromatic heterocycles. The summed E-state index contributed by atoms with van der Waals surface area (Å²) in [4.78, 5) is 80.5. The number of likely N-dealkylation sites (N-methyl/N-ethyl adjacent to an activating group) is 2. The summed E-state index contributed by atoms with van der Waals surface area (Å²) >= 11 is 12.0. The molecule has 2 aromatic carbocycles. The van der Waals surface area contributed by atoms with Crippen molar-refractivity contribution in [2.45, 2.75) is 137 Å². The molecule has 75 heavy (non-hydrogen) atoms. The molecule has 2 saturated heterocycles. The highest BCUT2D eigenvalue weighted by Gasteiger charge is 2.38. The minimum absolute atomic E-state index is 0.0838. The average Bonchev–Trinajstić information content (AvgIpc) is 3.69. The van der Waals surface area contributed by atoms with E-state index >= 15 is 4.39 Å². The van der Waals surface area contributed by atoms with Gasteiger partial charge in [0.25, 0.3) is 11.8 Å². The Kier molecular flexibility index (Phi) is 18.5. The molecule has 0 radical (unpaired) electrons. The number of carbonyl (C=O) groups excluding carboxylic acids is 5. The average molecular weight is 1080 g/mol. The zero-order chi connectivity index (χ0) is 54.5. The SMILES string of the molecule is CNC(=O)[C@@H](NC(=O)c1nc(-c2ccc(Cl)cc2F)n2c1CN(C1CCN(C(C)=O)CC1)CCC2)C(C)(C)C.CNC(=O)[C@@H](NC(=O)c1nc(-c2ccc(Cl)cc2F)n2c1CN(C1CCNCC1)CCC2)C(C)(C)C. The number of nitrogens with zero attached hydrogens (tertiary/aromatic N) is 7. The van der Waals surface area contributed by atoms with Gasteiger partial charge in [-0.1, -0.05) is 64.7 Å². The van der Waals surface area contributed by atoms with Gasteiger partial charge < -0.3 is 40.6 Å². The van der Waals surface area contributed by atoms with Gasteiger partial charge in [-0.25, -0.2) is 18.7 Å². The van der Waals surface area contributed by atoms with Crippen molar-refractivity contribution < 1.29 is 32.8 Å². The van der Waals surface area contributed by atoms with Crippen molar-refractivity contribution in [3.05, 3.63) is 80.9 Å². The number of carbonyl (C=O) groups is 5. The molecule has 5 N–H and O–H groups in total. The minimum atomic E-state index is -0.791. The molecule has 0 bridgehead atoms. The predicted octanol–water partition coefficient (Wildman–Crippen LogP) is 6.64. The summed E-state index contributed by atoms with van der Waals surface area (Å²) < 4.78 is 34.0. The standard InChI is InChI=1S/C28H38ClFN6O3.C26H36ClFN6O2/c1-17(37)34-13-9-19(10-14-34)35-11-6-12-36-22(16-35)23(26(38)33-24(27(39)31-5)28(2,3)4)32-25(36)20-8-7-18(29)15-21(20)30;1-26(2,3)22(25(36)29-4)32-24(35)21-20-15-33(17-8-10-30-11-9-17)12-5-13-34(20)23(31-21)18-7-6-16(27)14-19(18)28/h7-8,15,19,24H,6,9-14,16H2,1-5H3,(H,31,39)(H,33,38);6-7,14,17,22,30H,5,8-13,15H2,1-4H3,(H,29,36)(H,32,35)/t24-;22-/m11/s1. The molecule has 4 aliphatic heterocycles. The number of amides is 5. The summed E-state index contributed by atoms with van der Waals surface area (Å²) in [6.45, 7) is 20.1. The highest BCUT2D eigenvalue weighted by Crippen LogP contribution is 2.34. The van der Waals surface area contributed by atoms with Crippen LogP contribution in [0, 0.1) is 22.5 Å². The van der Waals surface area contributed by atoms with Crippen molar-refractivity contribution in [1.82, 2.24) is 60.4 Å². The van der Waals surface area contributed by atoms with Gasteiger partial charge in [0.15, 0.2) is 11.4 Å². The molecule has 2 atom stereocenters. The Morgan fingerprint density at radius 2 is 1.03 bits per heavy atom. The van der Waals surface area contributed by atoms with Gasteiger partial charge in [0.1, 0.15) is 35.4 Å². The van der Waals surface area contributed by atoms with Crippen LogP contribution >= 0.6 is 23.2 Å². The lowest BCUT2D eigenvalue weighted by atomic mass is 9.86. The number of likely N-dealkylation sites (tertiary alicyclic amines) is 1. The predicted molar refractivity (Wildman–Crippen MR) is 286 cm³/mol. The normalized spacial score (nSPS) is 18.0. The molecule has 8 rings (SSSR count). The number of benzene rings is 2. The molecule has 2 fully saturated rings. The maximum Gasteiger partial charge on any atom is 0.272 e. The highest BCUT2D eigenvalue weighted by atomic mass is 35.5. The summed E-state index contributed by atoms with van der Waals surface area (Å²) in [5.74, 6) is -1.64. The summed E-state index contributed by atoms with van der Waals surface area (Å²) in [7, 11) is 3.08. The van der Waals surface area contributed by atoms with Crippen LogP contribution in [-0.2, 0) is 40.6 Å². The molecule has 0 saturated carbocycles. The Morgan fingerprint density at radius 3 is 1.39 bits per heavy atom. The van der Waals surface area contributed by atoms with E-state index < -0.39 is 46.4 Å². The van der Waals surface area contributed by atoms with Gasteiger partial charge in [-0.15, -0.1) is 0 Å². The number of aromatic nitrogens is 4. The Hall–Kier alpha value is -5.47. The van der Waals surface area contributed by atoms with Crippen LogP contribution < -0.4 is 26.6 Å². The van der Waals surface area contributed by atoms with Gasteiger partial charge in [0.2, 0.25) is 17.7 Å². The fourth-order valence-corrected chi connectivity index (χ4v) is 11.0. The fourth-order valence-electron chi connectivity index (χ4n) is 10.7. The van der Waals surface area contributed by atoms with Crippen LogP contribution in [-0.4, -0.2) is 141 Å². The molecule has 17 nitrogen and oxygen atoms in total. The number of halogens is 4. The maximum atomic E-state index is 15.1. The Labute approximate surface area is 449 Å². The number of piperidine rings is 2.